The first-order valence-corrected chi connectivity index (χ1v) is 8.40. The molecule has 3 N–H and O–H groups in total. The molecule has 7 heteroatoms. The third-order valence-corrected chi connectivity index (χ3v) is 5.25. The lowest BCUT2D eigenvalue weighted by Crippen LogP contribution is -2.58. The molecule has 0 spiro atoms. The number of hydrogen-bond donors (Lipinski definition) is 2. The minimum absolute atomic E-state index is 0.0231. The van der Waals surface area contributed by atoms with Gasteiger partial charge >= 0.3 is 5.97 Å². The molecule has 2 aliphatic rings. The predicted octanol–water partition coefficient (Wildman–Crippen LogP) is 1.96. The fourth-order valence-corrected chi connectivity index (χ4v) is 3.58. The van der Waals surface area contributed by atoms with Gasteiger partial charge in [0.25, 0.3) is 0 Å². The van der Waals surface area contributed by atoms with Crippen LogP contribution in [-0.2, 0) is 0 Å². The Bertz CT molecular complexity index is 943. The molecule has 4 rings (SSSR count). The maximum Gasteiger partial charge on any atom is 0.341 e. The molecule has 0 radical (unpaired) electrons. The number of aromatic carboxylic acids is 1. The molecule has 1 aliphatic heterocycles. The second-order valence-electron chi connectivity index (χ2n) is 7.51. The predicted molar refractivity (Wildman–Crippen MR) is 92.8 cm³/mol. The average molecular weight is 345 g/mol. The average Bonchev–Trinajstić information content (AvgIpc) is 3.37. The van der Waals surface area contributed by atoms with Crippen LogP contribution in [-0.4, -0.2) is 35.3 Å². The molecule has 6 nitrogen and oxygen atoms in total. The van der Waals surface area contributed by atoms with Crippen LogP contribution in [0.3, 0.4) is 0 Å². The Morgan fingerprint density at radius 3 is 2.64 bits per heavy atom. The van der Waals surface area contributed by atoms with E-state index >= 15 is 0 Å². The first kappa shape index (κ1) is 16.1. The Morgan fingerprint density at radius 1 is 1.40 bits per heavy atom. The lowest BCUT2D eigenvalue weighted by atomic mass is 9.81. The molecule has 1 aliphatic carbocycles. The summed E-state index contributed by atoms with van der Waals surface area (Å²) in [6, 6.07) is 3.02. The van der Waals surface area contributed by atoms with E-state index in [1.807, 2.05) is 9.47 Å². The normalized spacial score (nSPS) is 19.1. The molecule has 1 saturated carbocycles. The molecule has 0 amide bonds. The van der Waals surface area contributed by atoms with E-state index in [-0.39, 0.29) is 22.4 Å². The number of aromatic nitrogens is 1. The van der Waals surface area contributed by atoms with Crippen molar-refractivity contribution in [2.45, 2.75) is 25.8 Å². The van der Waals surface area contributed by atoms with Crippen LogP contribution in [0, 0.1) is 11.2 Å². The number of halogens is 1. The summed E-state index contributed by atoms with van der Waals surface area (Å²) in [5.41, 5.74) is 5.81. The van der Waals surface area contributed by atoms with Crippen LogP contribution in [0.5, 0.6) is 0 Å². The number of hydrogen-bond acceptors (Lipinski definition) is 4. The topological polar surface area (TPSA) is 88.6 Å². The molecule has 2 aromatic rings. The quantitative estimate of drug-likeness (QED) is 0.884. The van der Waals surface area contributed by atoms with Gasteiger partial charge in [-0.1, -0.05) is 6.92 Å². The number of benzene rings is 1. The van der Waals surface area contributed by atoms with Crippen molar-refractivity contribution in [3.63, 3.8) is 0 Å². The minimum Gasteiger partial charge on any atom is -0.477 e. The van der Waals surface area contributed by atoms with Gasteiger partial charge in [-0.2, -0.15) is 0 Å². The van der Waals surface area contributed by atoms with Crippen LogP contribution in [0.1, 0.15) is 36.2 Å². The van der Waals surface area contributed by atoms with Gasteiger partial charge in [0.05, 0.1) is 11.2 Å². The van der Waals surface area contributed by atoms with Gasteiger partial charge in [-0.25, -0.2) is 9.18 Å². The highest BCUT2D eigenvalue weighted by Gasteiger charge is 2.39. The summed E-state index contributed by atoms with van der Waals surface area (Å²) in [6.07, 6.45) is 3.25. The number of carboxylic acids is 1. The summed E-state index contributed by atoms with van der Waals surface area (Å²) in [5, 5.41) is 9.39. The highest BCUT2D eigenvalue weighted by molar-refractivity contribution is 5.93. The summed E-state index contributed by atoms with van der Waals surface area (Å²) in [7, 11) is 0. The number of pyridine rings is 1. The molecule has 1 aromatic carbocycles. The molecule has 0 atom stereocenters. The second kappa shape index (κ2) is 5.29. The van der Waals surface area contributed by atoms with Crippen LogP contribution < -0.4 is 16.1 Å². The number of nitrogens with zero attached hydrogens (tertiary/aromatic N) is 2. The third kappa shape index (κ3) is 2.50. The Balaban J connectivity index is 1.88. The molecule has 132 valence electrons. The maximum absolute atomic E-state index is 14.6. The summed E-state index contributed by atoms with van der Waals surface area (Å²) in [5.74, 6) is -1.79. The molecule has 2 fully saturated rings. The first-order valence-electron chi connectivity index (χ1n) is 8.40. The van der Waals surface area contributed by atoms with Crippen molar-refractivity contribution in [1.82, 2.24) is 4.57 Å². The van der Waals surface area contributed by atoms with Crippen molar-refractivity contribution < 1.29 is 14.3 Å². The van der Waals surface area contributed by atoms with E-state index in [4.69, 9.17) is 5.73 Å². The number of carbonyl (C=O) groups is 1. The van der Waals surface area contributed by atoms with Gasteiger partial charge in [0, 0.05) is 42.7 Å². The molecule has 0 unspecified atom stereocenters. The van der Waals surface area contributed by atoms with Gasteiger partial charge in [0.2, 0.25) is 5.43 Å². The maximum atomic E-state index is 14.6. The van der Waals surface area contributed by atoms with E-state index < -0.39 is 17.2 Å². The smallest absolute Gasteiger partial charge is 0.341 e. The Kier molecular flexibility index (Phi) is 3.40. The van der Waals surface area contributed by atoms with Crippen LogP contribution in [0.4, 0.5) is 10.1 Å². The molecule has 2 heterocycles. The van der Waals surface area contributed by atoms with Crippen LogP contribution in [0.2, 0.25) is 0 Å². The van der Waals surface area contributed by atoms with E-state index in [2.05, 4.69) is 6.92 Å². The number of nitrogens with two attached hydrogens (primary N) is 1. The molecule has 0 bridgehead atoms. The Morgan fingerprint density at radius 2 is 2.08 bits per heavy atom. The third-order valence-electron chi connectivity index (χ3n) is 5.25. The highest BCUT2D eigenvalue weighted by atomic mass is 19.1. The molecule has 1 aromatic heterocycles. The minimum atomic E-state index is -1.28. The summed E-state index contributed by atoms with van der Waals surface area (Å²) >= 11 is 0. The first-order chi connectivity index (χ1) is 11.8. The van der Waals surface area contributed by atoms with Gasteiger partial charge < -0.3 is 20.3 Å². The lowest BCUT2D eigenvalue weighted by molar-refractivity contribution is 0.0695. The summed E-state index contributed by atoms with van der Waals surface area (Å²) in [6.45, 7) is 3.91. The van der Waals surface area contributed by atoms with E-state index in [9.17, 15) is 19.1 Å². The summed E-state index contributed by atoms with van der Waals surface area (Å²) in [4.78, 5) is 25.7. The molecule has 25 heavy (non-hydrogen) atoms. The fourth-order valence-electron chi connectivity index (χ4n) is 3.58. The van der Waals surface area contributed by atoms with E-state index in [0.29, 0.717) is 30.8 Å². The Labute approximate surface area is 143 Å². The van der Waals surface area contributed by atoms with Gasteiger partial charge in [-0.3, -0.25) is 4.79 Å². The van der Waals surface area contributed by atoms with Gasteiger partial charge in [0.15, 0.2) is 0 Å². The molecular weight excluding hydrogens is 325 g/mol. The molecular formula is C18H20FN3O3. The SMILES string of the molecule is CC1(CN)CN(c2cc3c(cc2F)c(=O)c(C(=O)O)cn3C2CC2)C1. The van der Waals surface area contributed by atoms with E-state index in [1.54, 1.807) is 6.07 Å². The zero-order valence-corrected chi connectivity index (χ0v) is 14.0. The zero-order chi connectivity index (χ0) is 17.9. The molecule has 1 saturated heterocycles. The Hall–Kier alpha value is -2.41. The monoisotopic (exact) mass is 345 g/mol. The number of rotatable bonds is 4. The van der Waals surface area contributed by atoms with Gasteiger partial charge in [-0.15, -0.1) is 0 Å². The number of carboxylic acid groups (broad SMARTS) is 1. The van der Waals surface area contributed by atoms with E-state index in [0.717, 1.165) is 12.8 Å². The van der Waals surface area contributed by atoms with E-state index in [1.165, 1.54) is 12.3 Å². The van der Waals surface area contributed by atoms with Crippen molar-refractivity contribution in [1.29, 1.82) is 0 Å². The van der Waals surface area contributed by atoms with Gasteiger partial charge in [-0.05, 0) is 25.0 Å². The highest BCUT2D eigenvalue weighted by Crippen LogP contribution is 2.40. The standard InChI is InChI=1S/C18H20FN3O3/c1-18(7-20)8-21(9-18)15-5-14-11(4-13(15)19)16(23)12(17(24)25)6-22(14)10-2-3-10/h4-6,10H,2-3,7-9,20H2,1H3,(H,24,25). The summed E-state index contributed by atoms with van der Waals surface area (Å²) < 4.78 is 16.4. The number of anilines is 1. The van der Waals surface area contributed by atoms with Crippen molar-refractivity contribution in [2.24, 2.45) is 11.1 Å². The van der Waals surface area contributed by atoms with Crippen molar-refractivity contribution in [2.75, 3.05) is 24.5 Å². The van der Waals surface area contributed by atoms with Crippen LogP contribution in [0.15, 0.2) is 23.1 Å². The second-order valence-corrected chi connectivity index (χ2v) is 7.51. The van der Waals surface area contributed by atoms with Crippen LogP contribution in [0.25, 0.3) is 10.9 Å². The van der Waals surface area contributed by atoms with Crippen molar-refractivity contribution >= 4 is 22.6 Å². The zero-order valence-electron chi connectivity index (χ0n) is 14.0. The van der Waals surface area contributed by atoms with Gasteiger partial charge in [0.1, 0.15) is 11.4 Å². The van der Waals surface area contributed by atoms with Crippen molar-refractivity contribution in [3.05, 3.63) is 39.9 Å². The fraction of sp³-hybridized carbons (Fsp3) is 0.444. The van der Waals surface area contributed by atoms with Crippen LogP contribution >= 0.6 is 0 Å². The number of fused-ring (bicyclic) bond motifs is 1. The lowest BCUT2D eigenvalue weighted by Gasteiger charge is -2.49. The largest absolute Gasteiger partial charge is 0.477 e. The van der Waals surface area contributed by atoms with Crippen molar-refractivity contribution in [3.8, 4) is 0 Å².